The Bertz CT molecular complexity index is 1260. The topological polar surface area (TPSA) is 118 Å². The van der Waals surface area contributed by atoms with Crippen LogP contribution >= 0.6 is 0 Å². The van der Waals surface area contributed by atoms with Gasteiger partial charge in [-0.25, -0.2) is 9.78 Å². The van der Waals surface area contributed by atoms with E-state index in [1.54, 1.807) is 16.8 Å². The van der Waals surface area contributed by atoms with Crippen molar-refractivity contribution in [1.29, 1.82) is 0 Å². The summed E-state index contributed by atoms with van der Waals surface area (Å²) >= 11 is 0. The molecule has 9 heteroatoms. The lowest BCUT2D eigenvalue weighted by atomic mass is 10.0. The molecule has 0 radical (unpaired) electrons. The maximum atomic E-state index is 12.9. The third-order valence-electron chi connectivity index (χ3n) is 4.58. The van der Waals surface area contributed by atoms with E-state index in [-0.39, 0.29) is 11.7 Å². The summed E-state index contributed by atoms with van der Waals surface area (Å²) in [6, 6.07) is 15.0. The lowest BCUT2D eigenvalue weighted by Crippen LogP contribution is -2.18. The average Bonchev–Trinajstić information content (AvgIpc) is 3.23. The highest BCUT2D eigenvalue weighted by Gasteiger charge is 2.14. The summed E-state index contributed by atoms with van der Waals surface area (Å²) in [7, 11) is 0. The minimum atomic E-state index is -0.539. The van der Waals surface area contributed by atoms with Crippen LogP contribution < -0.4 is 11.0 Å². The van der Waals surface area contributed by atoms with Gasteiger partial charge < -0.3 is 5.32 Å². The van der Waals surface area contributed by atoms with E-state index in [9.17, 15) is 9.59 Å². The number of nitrogens with one attached hydrogen (secondary N) is 2. The van der Waals surface area contributed by atoms with Crippen LogP contribution in [-0.4, -0.2) is 36.1 Å². The Morgan fingerprint density at radius 2 is 1.90 bits per heavy atom. The van der Waals surface area contributed by atoms with Crippen LogP contribution in [0.15, 0.2) is 59.5 Å². The number of hydrogen-bond donors (Lipinski definition) is 2. The molecule has 4 aromatic rings. The van der Waals surface area contributed by atoms with Crippen molar-refractivity contribution in [1.82, 2.24) is 30.2 Å². The first-order chi connectivity index (χ1) is 14.5. The summed E-state index contributed by atoms with van der Waals surface area (Å²) in [5, 5.41) is 14.5. The molecule has 150 valence electrons. The Morgan fingerprint density at radius 1 is 1.10 bits per heavy atom. The van der Waals surface area contributed by atoms with Crippen LogP contribution in [0.1, 0.15) is 28.7 Å². The first-order valence-electron chi connectivity index (χ1n) is 9.40. The number of aryl methyl sites for hydroxylation is 2. The number of aromatic nitrogens is 6. The lowest BCUT2D eigenvalue weighted by Gasteiger charge is -2.11. The van der Waals surface area contributed by atoms with Gasteiger partial charge in [0.2, 0.25) is 0 Å². The number of anilines is 1. The molecule has 0 bridgehead atoms. The summed E-state index contributed by atoms with van der Waals surface area (Å²) in [5.74, 6) is 0.568. The zero-order valence-electron chi connectivity index (χ0n) is 16.5. The Morgan fingerprint density at radius 3 is 2.63 bits per heavy atom. The van der Waals surface area contributed by atoms with Crippen LogP contribution in [-0.2, 0) is 6.42 Å². The average molecular weight is 401 g/mol. The Hall–Kier alpha value is -4.14. The minimum absolute atomic E-state index is 0.263. The fourth-order valence-corrected chi connectivity index (χ4v) is 3.04. The SMILES string of the molecule is CCc1nnnn1-c1cc(C(=O)Nc2ccnc(=O)[nH]2)cc(-c2ccc(C)cc2)c1. The molecule has 4 rings (SSSR count). The van der Waals surface area contributed by atoms with Crippen molar-refractivity contribution in [2.24, 2.45) is 0 Å². The van der Waals surface area contributed by atoms with E-state index >= 15 is 0 Å². The van der Waals surface area contributed by atoms with E-state index in [1.807, 2.05) is 44.2 Å². The van der Waals surface area contributed by atoms with Gasteiger partial charge in [-0.05, 0) is 52.7 Å². The van der Waals surface area contributed by atoms with E-state index in [1.165, 1.54) is 12.3 Å². The molecule has 0 spiro atoms. The van der Waals surface area contributed by atoms with Gasteiger partial charge in [-0.15, -0.1) is 5.10 Å². The van der Waals surface area contributed by atoms with Crippen LogP contribution in [0, 0.1) is 6.92 Å². The van der Waals surface area contributed by atoms with Crippen molar-refractivity contribution >= 4 is 11.7 Å². The fraction of sp³-hybridized carbons (Fsp3) is 0.143. The molecule has 0 saturated carbocycles. The first kappa shape index (κ1) is 19.2. The monoisotopic (exact) mass is 401 g/mol. The molecule has 9 nitrogen and oxygen atoms in total. The summed E-state index contributed by atoms with van der Waals surface area (Å²) in [6.45, 7) is 3.97. The predicted molar refractivity (Wildman–Crippen MR) is 112 cm³/mol. The number of benzene rings is 2. The summed E-state index contributed by atoms with van der Waals surface area (Å²) in [6.07, 6.45) is 1.97. The molecule has 0 aliphatic heterocycles. The van der Waals surface area contributed by atoms with E-state index in [0.717, 1.165) is 16.7 Å². The Labute approximate surface area is 171 Å². The lowest BCUT2D eigenvalue weighted by molar-refractivity contribution is 0.102. The standard InChI is InChI=1S/C21H19N7O2/c1-3-19-25-26-27-28(19)17-11-15(14-6-4-13(2)5-7-14)10-16(12-17)20(29)23-18-8-9-22-21(30)24-18/h4-12H,3H2,1-2H3,(H2,22,23,24,29,30). The van der Waals surface area contributed by atoms with Crippen molar-refractivity contribution in [2.75, 3.05) is 5.32 Å². The second kappa shape index (κ2) is 8.08. The second-order valence-electron chi connectivity index (χ2n) is 6.74. The molecule has 1 amide bonds. The molecule has 0 aliphatic carbocycles. The number of carbonyl (C=O) groups excluding carboxylic acids is 1. The molecule has 2 N–H and O–H groups in total. The highest BCUT2D eigenvalue weighted by molar-refractivity contribution is 6.05. The Balaban J connectivity index is 1.79. The molecule has 30 heavy (non-hydrogen) atoms. The quantitative estimate of drug-likeness (QED) is 0.530. The summed E-state index contributed by atoms with van der Waals surface area (Å²) in [4.78, 5) is 30.4. The van der Waals surface area contributed by atoms with E-state index in [0.29, 0.717) is 23.5 Å². The molecule has 0 unspecified atom stereocenters. The normalized spacial score (nSPS) is 10.7. The van der Waals surface area contributed by atoms with Crippen LogP contribution in [0.5, 0.6) is 0 Å². The van der Waals surface area contributed by atoms with Gasteiger partial charge in [0.25, 0.3) is 5.91 Å². The van der Waals surface area contributed by atoms with Gasteiger partial charge >= 0.3 is 5.69 Å². The summed E-state index contributed by atoms with van der Waals surface area (Å²) < 4.78 is 1.61. The van der Waals surface area contributed by atoms with Crippen LogP contribution in [0.3, 0.4) is 0 Å². The number of amides is 1. The molecule has 2 heterocycles. The van der Waals surface area contributed by atoms with E-state index < -0.39 is 5.69 Å². The number of nitrogens with zero attached hydrogens (tertiary/aromatic N) is 5. The van der Waals surface area contributed by atoms with Crippen molar-refractivity contribution < 1.29 is 4.79 Å². The smallest absolute Gasteiger partial charge is 0.308 e. The van der Waals surface area contributed by atoms with Crippen molar-refractivity contribution in [3.05, 3.63) is 82.2 Å². The zero-order chi connectivity index (χ0) is 21.1. The second-order valence-corrected chi connectivity index (χ2v) is 6.74. The molecular weight excluding hydrogens is 382 g/mol. The van der Waals surface area contributed by atoms with Gasteiger partial charge in [0.1, 0.15) is 5.82 Å². The molecule has 2 aromatic carbocycles. The first-order valence-corrected chi connectivity index (χ1v) is 9.40. The van der Waals surface area contributed by atoms with Crippen LogP contribution in [0.4, 0.5) is 5.82 Å². The number of hydrogen-bond acceptors (Lipinski definition) is 6. The van der Waals surface area contributed by atoms with Gasteiger partial charge in [0, 0.05) is 18.2 Å². The van der Waals surface area contributed by atoms with Gasteiger partial charge in [-0.3, -0.25) is 9.78 Å². The number of rotatable bonds is 5. The third-order valence-corrected chi connectivity index (χ3v) is 4.58. The largest absolute Gasteiger partial charge is 0.346 e. The molecule has 2 aromatic heterocycles. The van der Waals surface area contributed by atoms with E-state index in [2.05, 4.69) is 30.8 Å². The zero-order valence-corrected chi connectivity index (χ0v) is 16.5. The van der Waals surface area contributed by atoms with Crippen molar-refractivity contribution in [3.8, 4) is 16.8 Å². The number of tetrazole rings is 1. The van der Waals surface area contributed by atoms with Crippen LogP contribution in [0.2, 0.25) is 0 Å². The van der Waals surface area contributed by atoms with Crippen LogP contribution in [0.25, 0.3) is 16.8 Å². The maximum Gasteiger partial charge on any atom is 0.346 e. The number of H-pyrrole nitrogens is 1. The number of carbonyl (C=O) groups is 1. The van der Waals surface area contributed by atoms with Crippen molar-refractivity contribution in [3.63, 3.8) is 0 Å². The van der Waals surface area contributed by atoms with Crippen molar-refractivity contribution in [2.45, 2.75) is 20.3 Å². The third kappa shape index (κ3) is 4.00. The molecule has 0 saturated heterocycles. The molecule has 0 fully saturated rings. The minimum Gasteiger partial charge on any atom is -0.308 e. The Kier molecular flexibility index (Phi) is 5.17. The van der Waals surface area contributed by atoms with E-state index in [4.69, 9.17) is 0 Å². The van der Waals surface area contributed by atoms with Gasteiger partial charge in [0.05, 0.1) is 5.69 Å². The highest BCUT2D eigenvalue weighted by Crippen LogP contribution is 2.25. The predicted octanol–water partition coefficient (Wildman–Crippen LogP) is 2.54. The maximum absolute atomic E-state index is 12.9. The molecule has 0 atom stereocenters. The van der Waals surface area contributed by atoms with Gasteiger partial charge in [-0.2, -0.15) is 4.68 Å². The van der Waals surface area contributed by atoms with Gasteiger partial charge in [-0.1, -0.05) is 36.8 Å². The summed E-state index contributed by atoms with van der Waals surface area (Å²) in [5.41, 5.74) is 3.48. The molecule has 0 aliphatic rings. The fourth-order valence-electron chi connectivity index (χ4n) is 3.04. The number of aromatic amines is 1. The molecular formula is C21H19N7O2. The van der Waals surface area contributed by atoms with Gasteiger partial charge in [0.15, 0.2) is 5.82 Å². The highest BCUT2D eigenvalue weighted by atomic mass is 16.2.